The lowest BCUT2D eigenvalue weighted by atomic mass is 10.1. The van der Waals surface area contributed by atoms with Crippen LogP contribution in [0.5, 0.6) is 5.75 Å². The molecule has 5 nitrogen and oxygen atoms in total. The van der Waals surface area contributed by atoms with Crippen molar-refractivity contribution in [1.82, 2.24) is 9.29 Å². The average molecular weight is 344 g/mol. The van der Waals surface area contributed by atoms with Crippen molar-refractivity contribution in [3.05, 3.63) is 60.3 Å². The summed E-state index contributed by atoms with van der Waals surface area (Å²) in [5.41, 5.74) is 1.63. The van der Waals surface area contributed by atoms with Gasteiger partial charge in [0.25, 0.3) is 10.0 Å². The molecule has 0 aliphatic heterocycles. The van der Waals surface area contributed by atoms with Crippen molar-refractivity contribution < 1.29 is 13.2 Å². The first kappa shape index (κ1) is 16.5. The Morgan fingerprint density at radius 1 is 1.12 bits per heavy atom. The Morgan fingerprint density at radius 2 is 1.88 bits per heavy atom. The van der Waals surface area contributed by atoms with Gasteiger partial charge < -0.3 is 10.1 Å². The Kier molecular flexibility index (Phi) is 4.59. The van der Waals surface area contributed by atoms with E-state index in [1.165, 1.54) is 3.97 Å². The molecule has 0 atom stereocenters. The van der Waals surface area contributed by atoms with Crippen molar-refractivity contribution in [3.8, 4) is 5.75 Å². The lowest BCUT2D eigenvalue weighted by Crippen LogP contribution is -2.12. The highest BCUT2D eigenvalue weighted by Crippen LogP contribution is 2.29. The van der Waals surface area contributed by atoms with Crippen molar-refractivity contribution in [1.29, 1.82) is 0 Å². The van der Waals surface area contributed by atoms with Crippen LogP contribution >= 0.6 is 0 Å². The lowest BCUT2D eigenvalue weighted by molar-refractivity contribution is 0.415. The molecule has 6 heteroatoms. The van der Waals surface area contributed by atoms with E-state index in [9.17, 15) is 8.42 Å². The number of aromatic nitrogens is 1. The molecule has 0 saturated carbocycles. The van der Waals surface area contributed by atoms with Crippen molar-refractivity contribution in [3.63, 3.8) is 0 Å². The van der Waals surface area contributed by atoms with Gasteiger partial charge >= 0.3 is 0 Å². The lowest BCUT2D eigenvalue weighted by Gasteiger charge is -2.07. The zero-order valence-electron chi connectivity index (χ0n) is 13.7. The molecule has 0 unspecified atom stereocenters. The largest absolute Gasteiger partial charge is 0.497 e. The van der Waals surface area contributed by atoms with Gasteiger partial charge in [0.15, 0.2) is 0 Å². The summed E-state index contributed by atoms with van der Waals surface area (Å²) >= 11 is 0. The summed E-state index contributed by atoms with van der Waals surface area (Å²) in [6, 6.07) is 13.9. The number of benzene rings is 2. The first-order valence-electron chi connectivity index (χ1n) is 7.71. The van der Waals surface area contributed by atoms with E-state index in [2.05, 4.69) is 5.32 Å². The second kappa shape index (κ2) is 6.67. The third kappa shape index (κ3) is 2.90. The minimum atomic E-state index is -3.63. The van der Waals surface area contributed by atoms with Gasteiger partial charge in [-0.05, 0) is 55.9 Å². The second-order valence-electron chi connectivity index (χ2n) is 5.50. The molecular formula is C18H20N2O3S. The minimum absolute atomic E-state index is 0.276. The van der Waals surface area contributed by atoms with E-state index >= 15 is 0 Å². The van der Waals surface area contributed by atoms with Crippen LogP contribution < -0.4 is 10.1 Å². The topological polar surface area (TPSA) is 60.3 Å². The summed E-state index contributed by atoms with van der Waals surface area (Å²) < 4.78 is 32.7. The van der Waals surface area contributed by atoms with Gasteiger partial charge in [-0.1, -0.05) is 18.2 Å². The maximum atomic E-state index is 13.0. The molecule has 126 valence electrons. The maximum absolute atomic E-state index is 13.0. The third-order valence-corrected chi connectivity index (χ3v) is 5.69. The average Bonchev–Trinajstić information content (AvgIpc) is 2.99. The number of rotatable bonds is 6. The number of nitrogens with zero attached hydrogens (tertiary/aromatic N) is 1. The summed E-state index contributed by atoms with van der Waals surface area (Å²) in [7, 11) is -0.155. The predicted octanol–water partition coefficient (Wildman–Crippen LogP) is 2.65. The van der Waals surface area contributed by atoms with Crippen LogP contribution in [-0.2, 0) is 16.4 Å². The molecule has 1 N–H and O–H groups in total. The van der Waals surface area contributed by atoms with Crippen LogP contribution in [0.25, 0.3) is 10.9 Å². The molecule has 0 bridgehead atoms. The van der Waals surface area contributed by atoms with Crippen LogP contribution in [0.15, 0.2) is 59.6 Å². The standard InChI is InChI=1S/C18H20N2O3S/c1-19-11-10-14-13-20(18-9-8-15(23-2)12-17(14)18)24(21,22)16-6-4-3-5-7-16/h3-9,12-13,19H,10-11H2,1-2H3. The van der Waals surface area contributed by atoms with E-state index in [1.807, 2.05) is 13.1 Å². The number of fused-ring (bicyclic) bond motifs is 1. The van der Waals surface area contributed by atoms with E-state index in [-0.39, 0.29) is 4.90 Å². The highest BCUT2D eigenvalue weighted by Gasteiger charge is 2.21. The Morgan fingerprint density at radius 3 is 2.54 bits per heavy atom. The van der Waals surface area contributed by atoms with Gasteiger partial charge in [0, 0.05) is 11.6 Å². The normalized spacial score (nSPS) is 11.8. The van der Waals surface area contributed by atoms with Gasteiger partial charge in [0.05, 0.1) is 17.5 Å². The number of methoxy groups -OCH3 is 1. The van der Waals surface area contributed by atoms with Crippen LogP contribution in [0.2, 0.25) is 0 Å². The quantitative estimate of drug-likeness (QED) is 0.747. The molecule has 0 saturated heterocycles. The van der Waals surface area contributed by atoms with Crippen molar-refractivity contribution >= 4 is 20.9 Å². The first-order chi connectivity index (χ1) is 11.6. The summed E-state index contributed by atoms with van der Waals surface area (Å²) in [5, 5.41) is 3.99. The number of hydrogen-bond acceptors (Lipinski definition) is 4. The molecule has 24 heavy (non-hydrogen) atoms. The third-order valence-electron chi connectivity index (χ3n) is 4.00. The molecule has 0 amide bonds. The van der Waals surface area contributed by atoms with Crippen LogP contribution in [0.4, 0.5) is 0 Å². The molecule has 0 aliphatic carbocycles. The number of likely N-dealkylation sites (N-methyl/N-ethyl adjacent to an activating group) is 1. The van der Waals surface area contributed by atoms with E-state index < -0.39 is 10.0 Å². The van der Waals surface area contributed by atoms with Crippen molar-refractivity contribution in [2.24, 2.45) is 0 Å². The Hall–Kier alpha value is -2.31. The summed E-state index contributed by atoms with van der Waals surface area (Å²) in [6.07, 6.45) is 2.45. The molecule has 1 heterocycles. The monoisotopic (exact) mass is 344 g/mol. The van der Waals surface area contributed by atoms with Gasteiger partial charge in [-0.2, -0.15) is 0 Å². The number of ether oxygens (including phenoxy) is 1. The molecule has 0 aliphatic rings. The van der Waals surface area contributed by atoms with E-state index in [4.69, 9.17) is 4.74 Å². The Labute approximate surface area is 141 Å². The highest BCUT2D eigenvalue weighted by atomic mass is 32.2. The van der Waals surface area contributed by atoms with Crippen molar-refractivity contribution in [2.75, 3.05) is 20.7 Å². The van der Waals surface area contributed by atoms with E-state index in [1.54, 1.807) is 55.8 Å². The molecule has 0 fully saturated rings. The van der Waals surface area contributed by atoms with Gasteiger partial charge in [0.2, 0.25) is 0 Å². The number of hydrogen-bond donors (Lipinski definition) is 1. The minimum Gasteiger partial charge on any atom is -0.497 e. The fourth-order valence-corrected chi connectivity index (χ4v) is 4.15. The molecule has 0 radical (unpaired) electrons. The van der Waals surface area contributed by atoms with E-state index in [0.29, 0.717) is 11.3 Å². The van der Waals surface area contributed by atoms with Crippen LogP contribution in [0.1, 0.15) is 5.56 Å². The summed E-state index contributed by atoms with van der Waals surface area (Å²) in [5.74, 6) is 0.711. The maximum Gasteiger partial charge on any atom is 0.268 e. The molecule has 3 aromatic rings. The van der Waals surface area contributed by atoms with Gasteiger partial charge in [-0.25, -0.2) is 12.4 Å². The smallest absolute Gasteiger partial charge is 0.268 e. The second-order valence-corrected chi connectivity index (χ2v) is 7.32. The fourth-order valence-electron chi connectivity index (χ4n) is 2.74. The SMILES string of the molecule is CNCCc1cn(S(=O)(=O)c2ccccc2)c2ccc(OC)cc12. The Balaban J connectivity index is 2.21. The highest BCUT2D eigenvalue weighted by molar-refractivity contribution is 7.90. The van der Waals surface area contributed by atoms with Gasteiger partial charge in [-0.3, -0.25) is 0 Å². The molecule has 2 aromatic carbocycles. The van der Waals surface area contributed by atoms with Crippen LogP contribution in [0.3, 0.4) is 0 Å². The molecule has 3 rings (SSSR count). The number of nitrogens with one attached hydrogen (secondary N) is 1. The fraction of sp³-hybridized carbons (Fsp3) is 0.222. The molecular weight excluding hydrogens is 324 g/mol. The summed E-state index contributed by atoms with van der Waals surface area (Å²) in [4.78, 5) is 0.276. The van der Waals surface area contributed by atoms with Crippen LogP contribution in [-0.4, -0.2) is 33.1 Å². The zero-order valence-corrected chi connectivity index (χ0v) is 14.5. The molecule has 0 spiro atoms. The first-order valence-corrected chi connectivity index (χ1v) is 9.15. The Bertz CT molecular complexity index is 947. The van der Waals surface area contributed by atoms with Crippen LogP contribution in [0, 0.1) is 0 Å². The predicted molar refractivity (Wildman–Crippen MR) is 95.1 cm³/mol. The summed E-state index contributed by atoms with van der Waals surface area (Å²) in [6.45, 7) is 0.766. The van der Waals surface area contributed by atoms with Gasteiger partial charge in [-0.15, -0.1) is 0 Å². The van der Waals surface area contributed by atoms with Gasteiger partial charge in [0.1, 0.15) is 5.75 Å². The zero-order chi connectivity index (χ0) is 17.2. The van der Waals surface area contributed by atoms with Crippen molar-refractivity contribution in [2.45, 2.75) is 11.3 Å². The molecule has 1 aromatic heterocycles. The van der Waals surface area contributed by atoms with E-state index in [0.717, 1.165) is 23.9 Å².